The molecule has 6 heteroatoms. The maximum Gasteiger partial charge on any atom is 0.337 e. The number of aromatic carboxylic acids is 1. The van der Waals surface area contributed by atoms with E-state index in [-0.39, 0.29) is 31.9 Å². The van der Waals surface area contributed by atoms with E-state index >= 15 is 0 Å². The molecule has 3 N–H and O–H groups in total. The summed E-state index contributed by atoms with van der Waals surface area (Å²) in [6.45, 7) is 0.258. The summed E-state index contributed by atoms with van der Waals surface area (Å²) in [5.74, 6) is -1.09. The molecule has 5 nitrogen and oxygen atoms in total. The van der Waals surface area contributed by atoms with E-state index in [0.717, 1.165) is 0 Å². The van der Waals surface area contributed by atoms with Crippen LogP contribution in [-0.4, -0.2) is 47.6 Å². The van der Waals surface area contributed by atoms with Crippen LogP contribution in [-0.2, 0) is 0 Å². The van der Waals surface area contributed by atoms with Crippen molar-refractivity contribution in [3.63, 3.8) is 0 Å². The zero-order valence-electron chi connectivity index (χ0n) is 9.14. The lowest BCUT2D eigenvalue weighted by Gasteiger charge is -2.24. The van der Waals surface area contributed by atoms with Crippen LogP contribution in [0.1, 0.15) is 10.4 Å². The standard InChI is InChI=1S/C11H14ClNO4/c12-8-1-2-10(9(7-8)11(16)17)13(3-5-14)4-6-15/h1-2,7,14-15H,3-6H2,(H,16,17). The molecule has 1 aromatic rings. The first kappa shape index (κ1) is 13.8. The summed E-state index contributed by atoms with van der Waals surface area (Å²) in [5, 5.41) is 27.2. The van der Waals surface area contributed by atoms with Gasteiger partial charge in [-0.3, -0.25) is 0 Å². The Morgan fingerprint density at radius 1 is 1.24 bits per heavy atom. The number of rotatable bonds is 6. The summed E-state index contributed by atoms with van der Waals surface area (Å²) in [5.41, 5.74) is 0.490. The Kier molecular flexibility index (Phi) is 5.21. The van der Waals surface area contributed by atoms with Crippen molar-refractivity contribution >= 4 is 23.3 Å². The molecule has 0 amide bonds. The highest BCUT2D eigenvalue weighted by molar-refractivity contribution is 6.31. The number of aliphatic hydroxyl groups is 2. The van der Waals surface area contributed by atoms with Crippen molar-refractivity contribution in [1.82, 2.24) is 0 Å². The largest absolute Gasteiger partial charge is 0.478 e. The first-order valence-corrected chi connectivity index (χ1v) is 5.47. The van der Waals surface area contributed by atoms with Crippen LogP contribution in [0.3, 0.4) is 0 Å². The van der Waals surface area contributed by atoms with Gasteiger partial charge in [0.1, 0.15) is 0 Å². The van der Waals surface area contributed by atoms with Gasteiger partial charge in [-0.15, -0.1) is 0 Å². The van der Waals surface area contributed by atoms with Gasteiger partial charge in [-0.2, -0.15) is 0 Å². The average Bonchev–Trinajstić information content (AvgIpc) is 2.28. The second-order valence-electron chi connectivity index (χ2n) is 3.40. The van der Waals surface area contributed by atoms with Gasteiger partial charge in [0.05, 0.1) is 24.5 Å². The summed E-state index contributed by atoms with van der Waals surface area (Å²) >= 11 is 5.74. The summed E-state index contributed by atoms with van der Waals surface area (Å²) in [7, 11) is 0. The van der Waals surface area contributed by atoms with Crippen molar-refractivity contribution in [2.75, 3.05) is 31.2 Å². The Labute approximate surface area is 104 Å². The first-order valence-electron chi connectivity index (χ1n) is 5.09. The van der Waals surface area contributed by atoms with Gasteiger partial charge in [0, 0.05) is 18.1 Å². The van der Waals surface area contributed by atoms with Gasteiger partial charge in [-0.25, -0.2) is 4.79 Å². The Balaban J connectivity index is 3.12. The highest BCUT2D eigenvalue weighted by Crippen LogP contribution is 2.24. The normalized spacial score (nSPS) is 10.3. The lowest BCUT2D eigenvalue weighted by atomic mass is 10.1. The fraction of sp³-hybridized carbons (Fsp3) is 0.364. The predicted octanol–water partition coefficient (Wildman–Crippen LogP) is 0.829. The molecular weight excluding hydrogens is 246 g/mol. The molecule has 0 unspecified atom stereocenters. The zero-order chi connectivity index (χ0) is 12.8. The van der Waals surface area contributed by atoms with Crippen molar-refractivity contribution in [2.45, 2.75) is 0 Å². The number of carboxylic acids is 1. The van der Waals surface area contributed by atoms with E-state index in [9.17, 15) is 4.79 Å². The fourth-order valence-electron chi connectivity index (χ4n) is 1.55. The van der Waals surface area contributed by atoms with Crippen LogP contribution in [0.2, 0.25) is 5.02 Å². The highest BCUT2D eigenvalue weighted by Gasteiger charge is 2.15. The van der Waals surface area contributed by atoms with Gasteiger partial charge < -0.3 is 20.2 Å². The van der Waals surface area contributed by atoms with Gasteiger partial charge in [-0.1, -0.05) is 11.6 Å². The average molecular weight is 260 g/mol. The van der Waals surface area contributed by atoms with E-state index < -0.39 is 5.97 Å². The highest BCUT2D eigenvalue weighted by atomic mass is 35.5. The first-order chi connectivity index (χ1) is 8.10. The van der Waals surface area contributed by atoms with Gasteiger partial charge in [0.2, 0.25) is 0 Å². The monoisotopic (exact) mass is 259 g/mol. The number of benzene rings is 1. The lowest BCUT2D eigenvalue weighted by molar-refractivity contribution is 0.0697. The third kappa shape index (κ3) is 3.59. The molecule has 1 aromatic carbocycles. The summed E-state index contributed by atoms with van der Waals surface area (Å²) in [4.78, 5) is 12.7. The van der Waals surface area contributed by atoms with E-state index in [2.05, 4.69) is 0 Å². The minimum Gasteiger partial charge on any atom is -0.478 e. The molecule has 94 valence electrons. The van der Waals surface area contributed by atoms with Gasteiger partial charge in [-0.05, 0) is 18.2 Å². The molecule has 17 heavy (non-hydrogen) atoms. The maximum atomic E-state index is 11.1. The van der Waals surface area contributed by atoms with E-state index in [1.165, 1.54) is 6.07 Å². The quantitative estimate of drug-likeness (QED) is 0.705. The molecular formula is C11H14ClNO4. The third-order valence-electron chi connectivity index (χ3n) is 2.27. The van der Waals surface area contributed by atoms with E-state index in [4.69, 9.17) is 26.9 Å². The molecule has 0 spiro atoms. The molecule has 0 radical (unpaired) electrons. The number of aliphatic hydroxyl groups excluding tert-OH is 2. The molecule has 0 aliphatic rings. The number of carbonyl (C=O) groups is 1. The zero-order valence-corrected chi connectivity index (χ0v) is 9.89. The van der Waals surface area contributed by atoms with Crippen molar-refractivity contribution < 1.29 is 20.1 Å². The second-order valence-corrected chi connectivity index (χ2v) is 3.84. The van der Waals surface area contributed by atoms with Crippen molar-refractivity contribution in [3.05, 3.63) is 28.8 Å². The minimum absolute atomic E-state index is 0.0550. The second kappa shape index (κ2) is 6.44. The van der Waals surface area contributed by atoms with Gasteiger partial charge in [0.15, 0.2) is 0 Å². The topological polar surface area (TPSA) is 81.0 Å². The molecule has 0 saturated heterocycles. The van der Waals surface area contributed by atoms with Crippen LogP contribution >= 0.6 is 11.6 Å². The number of halogens is 1. The van der Waals surface area contributed by atoms with Crippen molar-refractivity contribution in [1.29, 1.82) is 0 Å². The van der Waals surface area contributed by atoms with E-state index in [1.807, 2.05) is 0 Å². The van der Waals surface area contributed by atoms with Gasteiger partial charge in [0.25, 0.3) is 0 Å². The van der Waals surface area contributed by atoms with Crippen LogP contribution in [0.4, 0.5) is 5.69 Å². The molecule has 0 saturated carbocycles. The third-order valence-corrected chi connectivity index (χ3v) is 2.50. The Morgan fingerprint density at radius 3 is 2.29 bits per heavy atom. The Morgan fingerprint density at radius 2 is 1.82 bits per heavy atom. The fourth-order valence-corrected chi connectivity index (χ4v) is 1.72. The van der Waals surface area contributed by atoms with Crippen LogP contribution in [0.5, 0.6) is 0 Å². The number of hydrogen-bond donors (Lipinski definition) is 3. The molecule has 0 bridgehead atoms. The molecule has 1 rings (SSSR count). The van der Waals surface area contributed by atoms with Crippen LogP contribution in [0.15, 0.2) is 18.2 Å². The van der Waals surface area contributed by atoms with Crippen molar-refractivity contribution in [2.24, 2.45) is 0 Å². The summed E-state index contributed by atoms with van der Waals surface area (Å²) in [6.07, 6.45) is 0. The van der Waals surface area contributed by atoms with Crippen molar-refractivity contribution in [3.8, 4) is 0 Å². The molecule has 0 aromatic heterocycles. The SMILES string of the molecule is O=C(O)c1cc(Cl)ccc1N(CCO)CCO. The maximum absolute atomic E-state index is 11.1. The number of nitrogens with zero attached hydrogens (tertiary/aromatic N) is 1. The lowest BCUT2D eigenvalue weighted by Crippen LogP contribution is -2.31. The number of carboxylic acid groups (broad SMARTS) is 1. The minimum atomic E-state index is -1.09. The van der Waals surface area contributed by atoms with Gasteiger partial charge >= 0.3 is 5.97 Å². The van der Waals surface area contributed by atoms with Crippen LogP contribution in [0.25, 0.3) is 0 Å². The van der Waals surface area contributed by atoms with Crippen LogP contribution in [0, 0.1) is 0 Å². The molecule has 0 heterocycles. The molecule has 0 fully saturated rings. The number of hydrogen-bond acceptors (Lipinski definition) is 4. The summed E-state index contributed by atoms with van der Waals surface area (Å²) in [6, 6.07) is 4.49. The van der Waals surface area contributed by atoms with E-state index in [0.29, 0.717) is 10.7 Å². The smallest absolute Gasteiger partial charge is 0.337 e. The summed E-state index contributed by atoms with van der Waals surface area (Å²) < 4.78 is 0. The molecule has 0 aliphatic carbocycles. The van der Waals surface area contributed by atoms with E-state index in [1.54, 1.807) is 17.0 Å². The Bertz CT molecular complexity index is 391. The number of anilines is 1. The van der Waals surface area contributed by atoms with Crippen LogP contribution < -0.4 is 4.90 Å². The molecule has 0 atom stereocenters. The Hall–Kier alpha value is -1.30. The predicted molar refractivity (Wildman–Crippen MR) is 64.8 cm³/mol. The molecule has 0 aliphatic heterocycles.